The van der Waals surface area contributed by atoms with Crippen LogP contribution in [-0.2, 0) is 4.79 Å². The minimum absolute atomic E-state index is 0.0555. The molecule has 3 N–H and O–H groups in total. The Bertz CT molecular complexity index is 446. The number of ether oxygens (including phenoxy) is 2. The van der Waals surface area contributed by atoms with Gasteiger partial charge in [-0.2, -0.15) is 0 Å². The summed E-state index contributed by atoms with van der Waals surface area (Å²) in [5.41, 5.74) is 0. The maximum atomic E-state index is 10.4. The van der Waals surface area contributed by atoms with Gasteiger partial charge >= 0.3 is 5.97 Å². The van der Waals surface area contributed by atoms with E-state index in [1.54, 1.807) is 0 Å². The predicted octanol–water partition coefficient (Wildman–Crippen LogP) is 1.68. The molecule has 18 heavy (non-hydrogen) atoms. The van der Waals surface area contributed by atoms with E-state index in [0.29, 0.717) is 0 Å². The van der Waals surface area contributed by atoms with Crippen molar-refractivity contribution in [2.24, 2.45) is 0 Å². The van der Waals surface area contributed by atoms with Crippen molar-refractivity contribution in [1.29, 1.82) is 0 Å². The fourth-order valence-corrected chi connectivity index (χ4v) is 2.32. The number of methoxy groups -OCH3 is 2. The molecule has 0 saturated carbocycles. The molecule has 6 nitrogen and oxygen atoms in total. The highest BCUT2D eigenvalue weighted by molar-refractivity contribution is 7.99. The minimum atomic E-state index is -0.932. The summed E-state index contributed by atoms with van der Waals surface area (Å²) >= 11 is 1.09. The highest BCUT2D eigenvalue weighted by atomic mass is 32.2. The lowest BCUT2D eigenvalue weighted by atomic mass is 10.2. The third-order valence-electron chi connectivity index (χ3n) is 2.14. The molecule has 0 aliphatic rings. The van der Waals surface area contributed by atoms with Gasteiger partial charge in [-0.15, -0.1) is 11.8 Å². The first-order valence-corrected chi connectivity index (χ1v) is 6.01. The quantitative estimate of drug-likeness (QED) is 0.536. The zero-order chi connectivity index (χ0) is 13.7. The van der Waals surface area contributed by atoms with E-state index in [-0.39, 0.29) is 40.1 Å². The van der Waals surface area contributed by atoms with Gasteiger partial charge in [-0.05, 0) is 0 Å². The number of phenolic OH excluding ortho intramolecular Hbond substituents is 2. The molecule has 1 aromatic carbocycles. The van der Waals surface area contributed by atoms with Crippen LogP contribution in [-0.4, -0.2) is 41.3 Å². The smallest absolute Gasteiger partial charge is 0.304 e. The SMILES string of the molecule is COc1cc(O)c(SCCC(=O)O)c(OC)c1O. The molecule has 0 unspecified atom stereocenters. The average Bonchev–Trinajstić information content (AvgIpc) is 2.32. The summed E-state index contributed by atoms with van der Waals surface area (Å²) in [6.07, 6.45) is -0.0555. The molecule has 7 heteroatoms. The molecule has 1 rings (SSSR count). The molecular formula is C11H14O6S. The van der Waals surface area contributed by atoms with E-state index >= 15 is 0 Å². The standard InChI is InChI=1S/C11H14O6S/c1-16-7-5-6(12)11(10(17-2)9(7)15)18-4-3-8(13)14/h5,12,15H,3-4H2,1-2H3,(H,13,14). The Hall–Kier alpha value is -1.76. The number of rotatable bonds is 6. The van der Waals surface area contributed by atoms with Gasteiger partial charge in [0.1, 0.15) is 5.75 Å². The molecule has 1 aromatic rings. The van der Waals surface area contributed by atoms with Crippen molar-refractivity contribution in [3.05, 3.63) is 6.07 Å². The molecule has 0 heterocycles. The van der Waals surface area contributed by atoms with E-state index < -0.39 is 5.97 Å². The van der Waals surface area contributed by atoms with E-state index in [2.05, 4.69) is 0 Å². The van der Waals surface area contributed by atoms with Gasteiger partial charge in [0.2, 0.25) is 5.75 Å². The molecule has 0 radical (unpaired) electrons. The molecule has 0 bridgehead atoms. The molecule has 0 aliphatic carbocycles. The van der Waals surface area contributed by atoms with Crippen molar-refractivity contribution >= 4 is 17.7 Å². The molecule has 100 valence electrons. The third kappa shape index (κ3) is 3.13. The van der Waals surface area contributed by atoms with Crippen LogP contribution >= 0.6 is 11.8 Å². The van der Waals surface area contributed by atoms with Crippen molar-refractivity contribution in [3.8, 4) is 23.0 Å². The van der Waals surface area contributed by atoms with Crippen LogP contribution in [0.25, 0.3) is 0 Å². The number of hydrogen-bond acceptors (Lipinski definition) is 6. The molecule has 0 amide bonds. The second-order valence-corrected chi connectivity index (χ2v) is 4.41. The van der Waals surface area contributed by atoms with E-state index in [9.17, 15) is 15.0 Å². The normalized spacial score (nSPS) is 10.1. The summed E-state index contributed by atoms with van der Waals surface area (Å²) in [7, 11) is 2.69. The first kappa shape index (κ1) is 14.3. The topological polar surface area (TPSA) is 96.2 Å². The lowest BCUT2D eigenvalue weighted by Crippen LogP contribution is -1.97. The summed E-state index contributed by atoms with van der Waals surface area (Å²) in [5.74, 6) is -0.870. The number of thioether (sulfide) groups is 1. The van der Waals surface area contributed by atoms with Crippen LogP contribution < -0.4 is 9.47 Å². The van der Waals surface area contributed by atoms with Crippen LogP contribution in [0.5, 0.6) is 23.0 Å². The lowest BCUT2D eigenvalue weighted by molar-refractivity contribution is -0.136. The predicted molar refractivity (Wildman–Crippen MR) is 65.9 cm³/mol. The Balaban J connectivity index is 3.02. The molecule has 0 spiro atoms. The van der Waals surface area contributed by atoms with Gasteiger partial charge in [-0.25, -0.2) is 0 Å². The van der Waals surface area contributed by atoms with Crippen molar-refractivity contribution in [1.82, 2.24) is 0 Å². The van der Waals surface area contributed by atoms with Crippen LogP contribution in [0.2, 0.25) is 0 Å². The van der Waals surface area contributed by atoms with Gasteiger partial charge in [0, 0.05) is 11.8 Å². The van der Waals surface area contributed by atoms with Gasteiger partial charge in [-0.1, -0.05) is 0 Å². The van der Waals surface area contributed by atoms with Gasteiger partial charge in [0.05, 0.1) is 25.5 Å². The number of hydrogen-bond donors (Lipinski definition) is 3. The van der Waals surface area contributed by atoms with Crippen LogP contribution in [0.4, 0.5) is 0 Å². The summed E-state index contributed by atoms with van der Waals surface area (Å²) in [4.78, 5) is 10.7. The molecule has 0 fully saturated rings. The summed E-state index contributed by atoms with van der Waals surface area (Å²) in [6.45, 7) is 0. The Morgan fingerprint density at radius 2 is 2.00 bits per heavy atom. The Kier molecular flexibility index (Phi) is 4.96. The number of carboxylic acid groups (broad SMARTS) is 1. The number of aromatic hydroxyl groups is 2. The summed E-state index contributed by atoms with van der Waals surface area (Å²) in [5, 5.41) is 28.1. The minimum Gasteiger partial charge on any atom is -0.506 e. The Morgan fingerprint density at radius 1 is 1.33 bits per heavy atom. The lowest BCUT2D eigenvalue weighted by Gasteiger charge is -2.14. The van der Waals surface area contributed by atoms with Crippen molar-refractivity contribution in [3.63, 3.8) is 0 Å². The number of carbonyl (C=O) groups is 1. The van der Waals surface area contributed by atoms with Crippen LogP contribution in [0, 0.1) is 0 Å². The van der Waals surface area contributed by atoms with Gasteiger partial charge < -0.3 is 24.8 Å². The first-order valence-electron chi connectivity index (χ1n) is 5.02. The van der Waals surface area contributed by atoms with Crippen molar-refractivity contribution in [2.45, 2.75) is 11.3 Å². The second kappa shape index (κ2) is 6.25. The fourth-order valence-electron chi connectivity index (χ4n) is 1.32. The third-order valence-corrected chi connectivity index (χ3v) is 3.23. The number of phenols is 2. The fraction of sp³-hybridized carbons (Fsp3) is 0.364. The van der Waals surface area contributed by atoms with Crippen LogP contribution in [0.15, 0.2) is 11.0 Å². The maximum Gasteiger partial charge on any atom is 0.304 e. The van der Waals surface area contributed by atoms with Gasteiger partial charge in [0.15, 0.2) is 11.5 Å². The number of carboxylic acids is 1. The highest BCUT2D eigenvalue weighted by Crippen LogP contribution is 2.48. The van der Waals surface area contributed by atoms with Crippen LogP contribution in [0.3, 0.4) is 0 Å². The zero-order valence-electron chi connectivity index (χ0n) is 9.97. The van der Waals surface area contributed by atoms with E-state index in [1.807, 2.05) is 0 Å². The molecular weight excluding hydrogens is 260 g/mol. The first-order chi connectivity index (χ1) is 8.51. The van der Waals surface area contributed by atoms with Gasteiger partial charge in [0.25, 0.3) is 0 Å². The molecule has 0 aliphatic heterocycles. The van der Waals surface area contributed by atoms with Crippen LogP contribution in [0.1, 0.15) is 6.42 Å². The molecule has 0 atom stereocenters. The number of aliphatic carboxylic acids is 1. The summed E-state index contributed by atoms with van der Waals surface area (Å²) in [6, 6.07) is 1.25. The zero-order valence-corrected chi connectivity index (χ0v) is 10.8. The van der Waals surface area contributed by atoms with Crippen molar-refractivity contribution in [2.75, 3.05) is 20.0 Å². The molecule has 0 aromatic heterocycles. The number of benzene rings is 1. The Morgan fingerprint density at radius 3 is 2.50 bits per heavy atom. The van der Waals surface area contributed by atoms with Gasteiger partial charge in [-0.3, -0.25) is 4.79 Å². The van der Waals surface area contributed by atoms with E-state index in [1.165, 1.54) is 20.3 Å². The monoisotopic (exact) mass is 274 g/mol. The van der Waals surface area contributed by atoms with E-state index in [4.69, 9.17) is 14.6 Å². The average molecular weight is 274 g/mol. The molecule has 0 saturated heterocycles. The Labute approximate surface area is 108 Å². The van der Waals surface area contributed by atoms with E-state index in [0.717, 1.165) is 11.8 Å². The summed E-state index contributed by atoms with van der Waals surface area (Å²) < 4.78 is 9.87. The van der Waals surface area contributed by atoms with Crippen molar-refractivity contribution < 1.29 is 29.6 Å². The highest BCUT2D eigenvalue weighted by Gasteiger charge is 2.19. The largest absolute Gasteiger partial charge is 0.506 e. The maximum absolute atomic E-state index is 10.4. The second-order valence-electron chi connectivity index (χ2n) is 3.30.